The Kier molecular flexibility index (Phi) is 8.54. The van der Waals surface area contributed by atoms with Crippen LogP contribution in [-0.2, 0) is 22.2 Å². The Morgan fingerprint density at radius 1 is 0.900 bits per heavy atom. The summed E-state index contributed by atoms with van der Waals surface area (Å²) in [6, 6.07) is 26.0. The van der Waals surface area contributed by atoms with Crippen molar-refractivity contribution in [3.05, 3.63) is 118 Å². The van der Waals surface area contributed by atoms with Crippen molar-refractivity contribution in [1.29, 1.82) is 0 Å². The second-order valence-electron chi connectivity index (χ2n) is 9.80. The van der Waals surface area contributed by atoms with Gasteiger partial charge in [0.1, 0.15) is 11.8 Å². The summed E-state index contributed by atoms with van der Waals surface area (Å²) < 4.78 is 35.3. The minimum atomic E-state index is -3.48. The number of anilines is 1. The Balaban J connectivity index is 1.40. The normalized spacial score (nSPS) is 15.1. The van der Waals surface area contributed by atoms with Crippen molar-refractivity contribution in [2.75, 3.05) is 31.1 Å². The zero-order chi connectivity index (χ0) is 28.1. The molecule has 1 saturated heterocycles. The van der Waals surface area contributed by atoms with Gasteiger partial charge in [-0.2, -0.15) is 14.1 Å². The molecule has 0 aliphatic carbocycles. The molecule has 2 heterocycles. The van der Waals surface area contributed by atoms with Gasteiger partial charge in [0.25, 0.3) is 0 Å². The van der Waals surface area contributed by atoms with E-state index in [1.54, 1.807) is 30.5 Å². The molecule has 8 nitrogen and oxygen atoms in total. The van der Waals surface area contributed by atoms with E-state index in [2.05, 4.69) is 5.10 Å². The van der Waals surface area contributed by atoms with Gasteiger partial charge in [0.05, 0.1) is 17.6 Å². The van der Waals surface area contributed by atoms with Crippen LogP contribution in [0.4, 0.5) is 5.69 Å². The molecule has 4 aromatic rings. The Bertz CT molecular complexity index is 1610. The van der Waals surface area contributed by atoms with Gasteiger partial charge < -0.3 is 9.64 Å². The van der Waals surface area contributed by atoms with Gasteiger partial charge >= 0.3 is 5.56 Å². The molecule has 1 aliphatic heterocycles. The molecule has 5 rings (SSSR count). The molecule has 0 amide bonds. The number of hydrogen-bond acceptors (Lipinski definition) is 6. The smallest absolute Gasteiger partial charge is 0.316 e. The third-order valence-electron chi connectivity index (χ3n) is 6.82. The van der Waals surface area contributed by atoms with Crippen LogP contribution < -0.4 is 15.2 Å². The molecule has 1 aromatic heterocycles. The lowest BCUT2D eigenvalue weighted by atomic mass is 10.1. The largest absolute Gasteiger partial charge is 0.483 e. The summed E-state index contributed by atoms with van der Waals surface area (Å²) in [6.45, 7) is 3.32. The molecule has 3 aromatic carbocycles. The number of nitrogens with zero attached hydrogens (tertiary/aromatic N) is 4. The Hall–Kier alpha value is -3.66. The van der Waals surface area contributed by atoms with Crippen LogP contribution in [0.5, 0.6) is 5.75 Å². The van der Waals surface area contributed by atoms with Crippen molar-refractivity contribution < 1.29 is 13.2 Å². The first kappa shape index (κ1) is 27.9. The standard InChI is InChI=1S/C30H31ClN4O4S/c1-23(19-24-9-4-2-5-10-24)39-29-28(21-32-35(30(29)36)27-14-8-13-26(31)20-27)33-15-17-34(18-16-33)40(37,38)22-25-11-6-3-7-12-25/h2-14,20-21,23H,15-19,22H2,1H3. The fourth-order valence-electron chi connectivity index (χ4n) is 4.83. The molecule has 1 atom stereocenters. The predicted octanol–water partition coefficient (Wildman–Crippen LogP) is 4.55. The highest BCUT2D eigenvalue weighted by molar-refractivity contribution is 7.88. The molecule has 0 spiro atoms. The van der Waals surface area contributed by atoms with Crippen molar-refractivity contribution in [2.45, 2.75) is 25.2 Å². The number of sulfonamides is 1. The third kappa shape index (κ3) is 6.55. The van der Waals surface area contributed by atoms with E-state index in [4.69, 9.17) is 16.3 Å². The number of halogens is 1. The maximum atomic E-state index is 13.8. The lowest BCUT2D eigenvalue weighted by molar-refractivity contribution is 0.217. The number of rotatable bonds is 9. The fraction of sp³-hybridized carbons (Fsp3) is 0.267. The molecule has 0 N–H and O–H groups in total. The zero-order valence-electron chi connectivity index (χ0n) is 22.2. The Morgan fingerprint density at radius 3 is 2.20 bits per heavy atom. The molecule has 40 heavy (non-hydrogen) atoms. The van der Waals surface area contributed by atoms with E-state index in [0.29, 0.717) is 49.0 Å². The maximum absolute atomic E-state index is 13.8. The van der Waals surface area contributed by atoms with Crippen LogP contribution in [0.2, 0.25) is 5.02 Å². The van der Waals surface area contributed by atoms with E-state index in [0.717, 1.165) is 11.1 Å². The molecule has 0 radical (unpaired) electrons. The quantitative estimate of drug-likeness (QED) is 0.290. The summed E-state index contributed by atoms with van der Waals surface area (Å²) in [4.78, 5) is 15.7. The van der Waals surface area contributed by atoms with E-state index in [9.17, 15) is 13.2 Å². The van der Waals surface area contributed by atoms with Crippen molar-refractivity contribution in [1.82, 2.24) is 14.1 Å². The first-order valence-corrected chi connectivity index (χ1v) is 15.1. The maximum Gasteiger partial charge on any atom is 0.316 e. The van der Waals surface area contributed by atoms with E-state index in [1.165, 1.54) is 8.99 Å². The van der Waals surface area contributed by atoms with Gasteiger partial charge in [-0.15, -0.1) is 0 Å². The minimum absolute atomic E-state index is 0.0452. The highest BCUT2D eigenvalue weighted by Gasteiger charge is 2.30. The summed E-state index contributed by atoms with van der Waals surface area (Å²) >= 11 is 6.18. The topological polar surface area (TPSA) is 84.7 Å². The van der Waals surface area contributed by atoms with Crippen LogP contribution in [0.3, 0.4) is 0 Å². The van der Waals surface area contributed by atoms with Gasteiger partial charge in [-0.1, -0.05) is 78.3 Å². The van der Waals surface area contributed by atoms with Crippen molar-refractivity contribution >= 4 is 27.3 Å². The monoisotopic (exact) mass is 578 g/mol. The number of benzene rings is 3. The van der Waals surface area contributed by atoms with E-state index >= 15 is 0 Å². The number of hydrogen-bond donors (Lipinski definition) is 0. The van der Waals surface area contributed by atoms with Crippen molar-refractivity contribution in [2.24, 2.45) is 0 Å². The average molecular weight is 579 g/mol. The molecule has 208 valence electrons. The molecular weight excluding hydrogens is 548 g/mol. The lowest BCUT2D eigenvalue weighted by Gasteiger charge is -2.36. The van der Waals surface area contributed by atoms with Gasteiger partial charge in [-0.05, 0) is 36.2 Å². The van der Waals surface area contributed by atoms with E-state index in [-0.39, 0.29) is 17.6 Å². The van der Waals surface area contributed by atoms with E-state index in [1.807, 2.05) is 72.5 Å². The molecule has 10 heteroatoms. The molecule has 1 unspecified atom stereocenters. The summed E-state index contributed by atoms with van der Waals surface area (Å²) in [5, 5.41) is 4.92. The number of aromatic nitrogens is 2. The summed E-state index contributed by atoms with van der Waals surface area (Å²) in [5.74, 6) is 0.134. The SMILES string of the molecule is CC(Cc1ccccc1)Oc1c(N2CCN(S(=O)(=O)Cc3ccccc3)CC2)cnn(-c2cccc(Cl)c2)c1=O. The highest BCUT2D eigenvalue weighted by atomic mass is 35.5. The van der Waals surface area contributed by atoms with Crippen LogP contribution in [0, 0.1) is 0 Å². The van der Waals surface area contributed by atoms with Crippen LogP contribution in [0.15, 0.2) is 95.9 Å². The third-order valence-corrected chi connectivity index (χ3v) is 8.90. The van der Waals surface area contributed by atoms with Crippen molar-refractivity contribution in [3.8, 4) is 11.4 Å². The Labute approximate surface area is 239 Å². The van der Waals surface area contributed by atoms with Gasteiger partial charge in [0.2, 0.25) is 15.8 Å². The molecule has 1 fully saturated rings. The highest BCUT2D eigenvalue weighted by Crippen LogP contribution is 2.28. The van der Waals surface area contributed by atoms with Crippen LogP contribution in [0.1, 0.15) is 18.1 Å². The zero-order valence-corrected chi connectivity index (χ0v) is 23.8. The molecule has 0 saturated carbocycles. The van der Waals surface area contributed by atoms with E-state index < -0.39 is 15.6 Å². The fourth-order valence-corrected chi connectivity index (χ4v) is 6.53. The van der Waals surface area contributed by atoms with Gasteiger partial charge in [0.15, 0.2) is 0 Å². The molecule has 0 bridgehead atoms. The van der Waals surface area contributed by atoms with Crippen LogP contribution in [0.25, 0.3) is 5.69 Å². The lowest BCUT2D eigenvalue weighted by Crippen LogP contribution is -2.49. The first-order valence-electron chi connectivity index (χ1n) is 13.2. The van der Waals surface area contributed by atoms with Gasteiger partial charge in [-0.3, -0.25) is 4.79 Å². The average Bonchev–Trinajstić information content (AvgIpc) is 2.95. The Morgan fingerprint density at radius 2 is 1.55 bits per heavy atom. The van der Waals surface area contributed by atoms with Gasteiger partial charge in [-0.25, -0.2) is 8.42 Å². The number of ether oxygens (including phenoxy) is 1. The minimum Gasteiger partial charge on any atom is -0.483 e. The first-order chi connectivity index (χ1) is 19.3. The van der Waals surface area contributed by atoms with Crippen LogP contribution in [-0.4, -0.2) is 54.8 Å². The molecular formula is C30H31ClN4O4S. The molecule has 1 aliphatic rings. The predicted molar refractivity (Wildman–Crippen MR) is 158 cm³/mol. The summed E-state index contributed by atoms with van der Waals surface area (Å²) in [5.41, 5.74) is 2.52. The second-order valence-corrected chi connectivity index (χ2v) is 12.2. The van der Waals surface area contributed by atoms with Crippen molar-refractivity contribution in [3.63, 3.8) is 0 Å². The second kappa shape index (κ2) is 12.2. The van der Waals surface area contributed by atoms with Gasteiger partial charge in [0, 0.05) is 37.6 Å². The van der Waals surface area contributed by atoms with Crippen LogP contribution >= 0.6 is 11.6 Å². The summed E-state index contributed by atoms with van der Waals surface area (Å²) in [6.07, 6.45) is 1.93. The number of piperazine rings is 1. The summed E-state index contributed by atoms with van der Waals surface area (Å²) in [7, 11) is -3.48.